The van der Waals surface area contributed by atoms with Gasteiger partial charge in [-0.05, 0) is 32.0 Å². The van der Waals surface area contributed by atoms with Crippen molar-refractivity contribution in [2.24, 2.45) is 5.10 Å². The van der Waals surface area contributed by atoms with Crippen LogP contribution >= 0.6 is 0 Å². The van der Waals surface area contributed by atoms with Crippen molar-refractivity contribution >= 4 is 23.1 Å². The first-order valence-electron chi connectivity index (χ1n) is 7.05. The lowest BCUT2D eigenvalue weighted by atomic mass is 10.2. The molecule has 1 N–H and O–H groups in total. The second kappa shape index (κ2) is 6.00. The Morgan fingerprint density at radius 2 is 2.09 bits per heavy atom. The molecule has 0 saturated heterocycles. The summed E-state index contributed by atoms with van der Waals surface area (Å²) in [4.78, 5) is 12.1. The number of carbonyl (C=O) groups is 1. The minimum atomic E-state index is -0.433. The molecule has 2 heterocycles. The zero-order valence-electron chi connectivity index (χ0n) is 13.0. The van der Waals surface area contributed by atoms with Crippen LogP contribution in [-0.2, 0) is 0 Å². The summed E-state index contributed by atoms with van der Waals surface area (Å²) < 4.78 is 16.1. The topological polar surface area (TPSA) is 77.0 Å². The Balaban J connectivity index is 1.77. The lowest BCUT2D eigenvalue weighted by Gasteiger charge is -1.98. The Labute approximate surface area is 132 Å². The van der Waals surface area contributed by atoms with Gasteiger partial charge in [0.05, 0.1) is 13.3 Å². The monoisotopic (exact) mass is 312 g/mol. The maximum atomic E-state index is 12.1. The third-order valence-corrected chi connectivity index (χ3v) is 3.40. The van der Waals surface area contributed by atoms with Crippen LogP contribution in [0.5, 0.6) is 5.75 Å². The lowest BCUT2D eigenvalue weighted by molar-refractivity contribution is 0.0929. The van der Waals surface area contributed by atoms with Crippen LogP contribution in [0.4, 0.5) is 0 Å². The summed E-state index contributed by atoms with van der Waals surface area (Å²) in [5.41, 5.74) is 3.78. The molecule has 0 aliphatic rings. The highest BCUT2D eigenvalue weighted by Crippen LogP contribution is 2.28. The average Bonchev–Trinajstić information content (AvgIpc) is 3.10. The van der Waals surface area contributed by atoms with Crippen molar-refractivity contribution in [3.63, 3.8) is 0 Å². The van der Waals surface area contributed by atoms with Crippen LogP contribution in [0.3, 0.4) is 0 Å². The van der Waals surface area contributed by atoms with Gasteiger partial charge in [0.2, 0.25) is 0 Å². The standard InChI is InChI=1S/C17H16N2O4/c1-10-7-13(11(2)22-10)9-18-19-17(20)15-8-12-5-4-6-14(21-3)16(12)23-15/h4-9H,1-3H3,(H,19,20)/b18-9+. The predicted octanol–water partition coefficient (Wildman–Crippen LogP) is 3.42. The highest BCUT2D eigenvalue weighted by atomic mass is 16.5. The molecule has 0 radical (unpaired) electrons. The van der Waals surface area contributed by atoms with Gasteiger partial charge in [-0.3, -0.25) is 4.79 Å². The number of nitrogens with zero attached hydrogens (tertiary/aromatic N) is 1. The zero-order chi connectivity index (χ0) is 16.4. The van der Waals surface area contributed by atoms with E-state index in [0.717, 1.165) is 22.5 Å². The van der Waals surface area contributed by atoms with Crippen molar-refractivity contribution in [3.8, 4) is 5.75 Å². The van der Waals surface area contributed by atoms with E-state index in [1.54, 1.807) is 19.2 Å². The number of carbonyl (C=O) groups excluding carboxylic acids is 1. The van der Waals surface area contributed by atoms with Crippen LogP contribution in [-0.4, -0.2) is 19.2 Å². The van der Waals surface area contributed by atoms with Gasteiger partial charge in [0.15, 0.2) is 17.1 Å². The van der Waals surface area contributed by atoms with Gasteiger partial charge in [0, 0.05) is 10.9 Å². The van der Waals surface area contributed by atoms with Gasteiger partial charge in [0.1, 0.15) is 11.5 Å². The van der Waals surface area contributed by atoms with Gasteiger partial charge in [-0.25, -0.2) is 5.43 Å². The average molecular weight is 312 g/mol. The number of hydrazone groups is 1. The summed E-state index contributed by atoms with van der Waals surface area (Å²) in [6.45, 7) is 3.69. The summed E-state index contributed by atoms with van der Waals surface area (Å²) in [5, 5.41) is 4.72. The van der Waals surface area contributed by atoms with E-state index < -0.39 is 5.91 Å². The SMILES string of the molecule is COc1cccc2cc(C(=O)N/N=C/c3cc(C)oc3C)oc12. The highest BCUT2D eigenvalue weighted by Gasteiger charge is 2.14. The molecule has 118 valence electrons. The quantitative estimate of drug-likeness (QED) is 0.591. The summed E-state index contributed by atoms with van der Waals surface area (Å²) in [7, 11) is 1.55. The number of hydrogen-bond acceptors (Lipinski definition) is 5. The fraction of sp³-hybridized carbons (Fsp3) is 0.176. The summed E-state index contributed by atoms with van der Waals surface area (Å²) >= 11 is 0. The maximum absolute atomic E-state index is 12.1. The van der Waals surface area contributed by atoms with Crippen LogP contribution in [0.25, 0.3) is 11.0 Å². The van der Waals surface area contributed by atoms with Crippen molar-refractivity contribution < 1.29 is 18.4 Å². The molecule has 1 aromatic carbocycles. The summed E-state index contributed by atoms with van der Waals surface area (Å²) in [6, 6.07) is 8.95. The first kappa shape index (κ1) is 14.9. The van der Waals surface area contributed by atoms with Gasteiger partial charge in [-0.2, -0.15) is 5.10 Å². The van der Waals surface area contributed by atoms with E-state index in [9.17, 15) is 4.79 Å². The van der Waals surface area contributed by atoms with E-state index in [1.807, 2.05) is 32.0 Å². The zero-order valence-corrected chi connectivity index (χ0v) is 13.0. The second-order valence-electron chi connectivity index (χ2n) is 5.06. The molecule has 0 fully saturated rings. The van der Waals surface area contributed by atoms with Crippen LogP contribution in [0.15, 0.2) is 44.3 Å². The molecule has 6 heteroatoms. The van der Waals surface area contributed by atoms with Gasteiger partial charge in [-0.15, -0.1) is 0 Å². The predicted molar refractivity (Wildman–Crippen MR) is 86.0 cm³/mol. The Morgan fingerprint density at radius 3 is 2.78 bits per heavy atom. The van der Waals surface area contributed by atoms with Gasteiger partial charge >= 0.3 is 5.91 Å². The van der Waals surface area contributed by atoms with Crippen LogP contribution in [0.1, 0.15) is 27.6 Å². The van der Waals surface area contributed by atoms with E-state index in [1.165, 1.54) is 6.21 Å². The van der Waals surface area contributed by atoms with Crippen molar-refractivity contribution in [1.29, 1.82) is 0 Å². The van der Waals surface area contributed by atoms with Crippen LogP contribution in [0.2, 0.25) is 0 Å². The van der Waals surface area contributed by atoms with Crippen LogP contribution < -0.4 is 10.2 Å². The Kier molecular flexibility index (Phi) is 3.89. The Bertz CT molecular complexity index is 889. The fourth-order valence-corrected chi connectivity index (χ4v) is 2.30. The molecule has 3 rings (SSSR count). The van der Waals surface area contributed by atoms with Gasteiger partial charge in [-0.1, -0.05) is 12.1 Å². The summed E-state index contributed by atoms with van der Waals surface area (Å²) in [5.74, 6) is 1.85. The minimum Gasteiger partial charge on any atom is -0.493 e. The Morgan fingerprint density at radius 1 is 1.26 bits per heavy atom. The molecule has 0 unspecified atom stereocenters. The number of para-hydroxylation sites is 1. The van der Waals surface area contributed by atoms with E-state index in [0.29, 0.717) is 11.3 Å². The molecule has 0 saturated carbocycles. The second-order valence-corrected chi connectivity index (χ2v) is 5.06. The number of aryl methyl sites for hydroxylation is 2. The largest absolute Gasteiger partial charge is 0.493 e. The molecular weight excluding hydrogens is 296 g/mol. The van der Waals surface area contributed by atoms with Crippen LogP contribution in [0, 0.1) is 13.8 Å². The molecular formula is C17H16N2O4. The van der Waals surface area contributed by atoms with Gasteiger partial charge in [0.25, 0.3) is 0 Å². The molecule has 6 nitrogen and oxygen atoms in total. The number of nitrogens with one attached hydrogen (secondary N) is 1. The number of amides is 1. The first-order valence-corrected chi connectivity index (χ1v) is 7.05. The highest BCUT2D eigenvalue weighted by molar-refractivity contribution is 5.97. The number of ether oxygens (including phenoxy) is 1. The van der Waals surface area contributed by atoms with Crippen molar-refractivity contribution in [2.75, 3.05) is 7.11 Å². The van der Waals surface area contributed by atoms with E-state index in [2.05, 4.69) is 10.5 Å². The normalized spacial score (nSPS) is 11.3. The molecule has 1 amide bonds. The third kappa shape index (κ3) is 2.96. The number of fused-ring (bicyclic) bond motifs is 1. The number of rotatable bonds is 4. The molecule has 3 aromatic rings. The maximum Gasteiger partial charge on any atom is 0.307 e. The molecule has 23 heavy (non-hydrogen) atoms. The van der Waals surface area contributed by atoms with Crippen molar-refractivity contribution in [1.82, 2.24) is 5.43 Å². The smallest absolute Gasteiger partial charge is 0.307 e. The first-order chi connectivity index (χ1) is 11.1. The summed E-state index contributed by atoms with van der Waals surface area (Å²) in [6.07, 6.45) is 1.53. The molecule has 0 atom stereocenters. The van der Waals surface area contributed by atoms with Crippen molar-refractivity contribution in [3.05, 3.63) is 53.2 Å². The Hall–Kier alpha value is -3.02. The molecule has 0 bridgehead atoms. The number of furan rings is 2. The van der Waals surface area contributed by atoms with Gasteiger partial charge < -0.3 is 13.6 Å². The molecule has 0 aliphatic heterocycles. The number of hydrogen-bond donors (Lipinski definition) is 1. The van der Waals surface area contributed by atoms with E-state index in [-0.39, 0.29) is 5.76 Å². The number of methoxy groups -OCH3 is 1. The lowest BCUT2D eigenvalue weighted by Crippen LogP contribution is -2.16. The van der Waals surface area contributed by atoms with E-state index >= 15 is 0 Å². The minimum absolute atomic E-state index is 0.168. The van der Waals surface area contributed by atoms with E-state index in [4.69, 9.17) is 13.6 Å². The fourth-order valence-electron chi connectivity index (χ4n) is 2.30. The molecule has 0 spiro atoms. The van der Waals surface area contributed by atoms with Crippen molar-refractivity contribution in [2.45, 2.75) is 13.8 Å². The number of benzene rings is 1. The molecule has 2 aromatic heterocycles. The third-order valence-electron chi connectivity index (χ3n) is 3.40. The molecule has 0 aliphatic carbocycles.